The molecule has 2 aromatic carbocycles. The number of nitrogens with zero attached hydrogens (tertiary/aromatic N) is 1. The normalized spacial score (nSPS) is 12.1. The van der Waals surface area contributed by atoms with Gasteiger partial charge in [-0.3, -0.25) is 0 Å². The molecule has 3 rings (SSSR count). The van der Waals surface area contributed by atoms with Crippen LogP contribution in [0, 0.1) is 0 Å². The summed E-state index contributed by atoms with van der Waals surface area (Å²) in [4.78, 5) is 7.44. The SMILES string of the molecule is COc1ccc(-c2cnc(C(O)c3ccccc3)[nH]2)cc1. The highest BCUT2D eigenvalue weighted by Gasteiger charge is 2.14. The topological polar surface area (TPSA) is 58.1 Å². The van der Waals surface area contributed by atoms with Gasteiger partial charge in [0.25, 0.3) is 0 Å². The maximum atomic E-state index is 10.3. The molecule has 1 unspecified atom stereocenters. The van der Waals surface area contributed by atoms with E-state index < -0.39 is 6.10 Å². The highest BCUT2D eigenvalue weighted by molar-refractivity contribution is 5.59. The Labute approximate surface area is 123 Å². The van der Waals surface area contributed by atoms with E-state index in [4.69, 9.17) is 4.74 Å². The van der Waals surface area contributed by atoms with Crippen LogP contribution in [0.1, 0.15) is 17.5 Å². The van der Waals surface area contributed by atoms with Crippen LogP contribution < -0.4 is 4.74 Å². The van der Waals surface area contributed by atoms with Crippen molar-refractivity contribution < 1.29 is 9.84 Å². The molecule has 4 heteroatoms. The Morgan fingerprint density at radius 3 is 2.43 bits per heavy atom. The summed E-state index contributed by atoms with van der Waals surface area (Å²) in [5.74, 6) is 1.34. The Kier molecular flexibility index (Phi) is 3.71. The summed E-state index contributed by atoms with van der Waals surface area (Å²) in [7, 11) is 1.64. The molecular formula is C17H16N2O2. The van der Waals surface area contributed by atoms with E-state index in [2.05, 4.69) is 9.97 Å². The maximum absolute atomic E-state index is 10.3. The summed E-state index contributed by atoms with van der Waals surface area (Å²) in [6.07, 6.45) is 0.974. The summed E-state index contributed by atoms with van der Waals surface area (Å²) >= 11 is 0. The van der Waals surface area contributed by atoms with Crippen LogP contribution in [-0.4, -0.2) is 22.2 Å². The highest BCUT2D eigenvalue weighted by Crippen LogP contribution is 2.24. The summed E-state index contributed by atoms with van der Waals surface area (Å²) in [5.41, 5.74) is 2.67. The molecule has 0 fully saturated rings. The average molecular weight is 280 g/mol. The van der Waals surface area contributed by atoms with E-state index in [9.17, 15) is 5.11 Å². The molecule has 2 N–H and O–H groups in total. The molecule has 106 valence electrons. The van der Waals surface area contributed by atoms with Crippen molar-refractivity contribution in [2.75, 3.05) is 7.11 Å². The Hall–Kier alpha value is -2.59. The quantitative estimate of drug-likeness (QED) is 0.771. The monoisotopic (exact) mass is 280 g/mol. The molecule has 0 aliphatic heterocycles. The zero-order valence-corrected chi connectivity index (χ0v) is 11.7. The van der Waals surface area contributed by atoms with Crippen molar-refractivity contribution >= 4 is 0 Å². The number of aromatic nitrogens is 2. The van der Waals surface area contributed by atoms with Gasteiger partial charge in [0.15, 0.2) is 0 Å². The van der Waals surface area contributed by atoms with Crippen LogP contribution >= 0.6 is 0 Å². The molecule has 1 atom stereocenters. The molecule has 0 spiro atoms. The number of imidazole rings is 1. The molecule has 21 heavy (non-hydrogen) atoms. The van der Waals surface area contributed by atoms with Crippen molar-refractivity contribution in [3.8, 4) is 17.0 Å². The van der Waals surface area contributed by atoms with Crippen LogP contribution in [0.4, 0.5) is 0 Å². The molecule has 0 aliphatic carbocycles. The van der Waals surface area contributed by atoms with Crippen molar-refractivity contribution in [2.45, 2.75) is 6.10 Å². The minimum absolute atomic E-state index is 0.534. The first kappa shape index (κ1) is 13.4. The third kappa shape index (κ3) is 2.80. The number of benzene rings is 2. The van der Waals surface area contributed by atoms with Gasteiger partial charge < -0.3 is 14.8 Å². The van der Waals surface area contributed by atoms with Crippen LogP contribution in [0.15, 0.2) is 60.8 Å². The lowest BCUT2D eigenvalue weighted by molar-refractivity contribution is 0.211. The number of hydrogen-bond acceptors (Lipinski definition) is 3. The fourth-order valence-electron chi connectivity index (χ4n) is 2.19. The molecule has 0 saturated carbocycles. The van der Waals surface area contributed by atoms with Gasteiger partial charge in [-0.25, -0.2) is 4.98 Å². The fraction of sp³-hybridized carbons (Fsp3) is 0.118. The predicted octanol–water partition coefficient (Wildman–Crippen LogP) is 3.17. The van der Waals surface area contributed by atoms with Crippen molar-refractivity contribution in [1.82, 2.24) is 9.97 Å². The lowest BCUT2D eigenvalue weighted by atomic mass is 10.1. The number of rotatable bonds is 4. The second-order valence-electron chi connectivity index (χ2n) is 4.72. The number of aromatic amines is 1. The zero-order valence-electron chi connectivity index (χ0n) is 11.7. The number of aliphatic hydroxyl groups is 1. The van der Waals surface area contributed by atoms with Gasteiger partial charge in [0, 0.05) is 0 Å². The third-order valence-electron chi connectivity index (χ3n) is 3.37. The van der Waals surface area contributed by atoms with Gasteiger partial charge in [0.2, 0.25) is 0 Å². The smallest absolute Gasteiger partial charge is 0.140 e. The van der Waals surface area contributed by atoms with Crippen LogP contribution in [0.2, 0.25) is 0 Å². The molecule has 0 bridgehead atoms. The molecule has 0 saturated heterocycles. The van der Waals surface area contributed by atoms with Gasteiger partial charge in [0.1, 0.15) is 17.7 Å². The molecule has 4 nitrogen and oxygen atoms in total. The van der Waals surface area contributed by atoms with E-state index >= 15 is 0 Å². The first-order valence-electron chi connectivity index (χ1n) is 6.70. The van der Waals surface area contributed by atoms with Crippen molar-refractivity contribution in [3.63, 3.8) is 0 Å². The van der Waals surface area contributed by atoms with Gasteiger partial charge in [0.05, 0.1) is 19.0 Å². The minimum atomic E-state index is -0.752. The van der Waals surface area contributed by atoms with Crippen LogP contribution in [0.5, 0.6) is 5.75 Å². The van der Waals surface area contributed by atoms with Gasteiger partial charge in [-0.2, -0.15) is 0 Å². The van der Waals surface area contributed by atoms with E-state index in [-0.39, 0.29) is 0 Å². The molecule has 0 radical (unpaired) electrons. The molecule has 1 aromatic heterocycles. The van der Waals surface area contributed by atoms with Crippen LogP contribution in [0.25, 0.3) is 11.3 Å². The Morgan fingerprint density at radius 2 is 1.76 bits per heavy atom. The fourth-order valence-corrected chi connectivity index (χ4v) is 2.19. The van der Waals surface area contributed by atoms with Gasteiger partial charge in [-0.1, -0.05) is 30.3 Å². The van der Waals surface area contributed by atoms with Gasteiger partial charge in [-0.05, 0) is 35.4 Å². The van der Waals surface area contributed by atoms with Gasteiger partial charge in [-0.15, -0.1) is 0 Å². The van der Waals surface area contributed by atoms with E-state index in [0.717, 1.165) is 22.6 Å². The second-order valence-corrected chi connectivity index (χ2v) is 4.72. The van der Waals surface area contributed by atoms with Crippen molar-refractivity contribution in [2.24, 2.45) is 0 Å². The molecule has 1 heterocycles. The van der Waals surface area contributed by atoms with Crippen LogP contribution in [0.3, 0.4) is 0 Å². The molecular weight excluding hydrogens is 264 g/mol. The summed E-state index contributed by atoms with van der Waals surface area (Å²) in [6.45, 7) is 0. The lowest BCUT2D eigenvalue weighted by Crippen LogP contribution is -2.01. The summed E-state index contributed by atoms with van der Waals surface area (Å²) in [5, 5.41) is 10.3. The van der Waals surface area contributed by atoms with Crippen molar-refractivity contribution in [3.05, 3.63) is 72.2 Å². The first-order valence-corrected chi connectivity index (χ1v) is 6.70. The Morgan fingerprint density at radius 1 is 1.05 bits per heavy atom. The van der Waals surface area contributed by atoms with E-state index in [1.807, 2.05) is 54.6 Å². The van der Waals surface area contributed by atoms with E-state index in [0.29, 0.717) is 5.82 Å². The number of hydrogen-bond donors (Lipinski definition) is 2. The van der Waals surface area contributed by atoms with Crippen molar-refractivity contribution in [1.29, 1.82) is 0 Å². The largest absolute Gasteiger partial charge is 0.497 e. The summed E-state index contributed by atoms with van der Waals surface area (Å²) < 4.78 is 5.14. The standard InChI is InChI=1S/C17H16N2O2/c1-21-14-9-7-12(8-10-14)15-11-18-17(19-15)16(20)13-5-3-2-4-6-13/h2-11,16,20H,1H3,(H,18,19). The molecule has 0 amide bonds. The minimum Gasteiger partial charge on any atom is -0.497 e. The lowest BCUT2D eigenvalue weighted by Gasteiger charge is -2.07. The van der Waals surface area contributed by atoms with Gasteiger partial charge >= 0.3 is 0 Å². The number of aliphatic hydroxyl groups excluding tert-OH is 1. The zero-order chi connectivity index (χ0) is 14.7. The molecule has 3 aromatic rings. The number of H-pyrrole nitrogens is 1. The van der Waals surface area contributed by atoms with E-state index in [1.165, 1.54) is 0 Å². The number of nitrogens with one attached hydrogen (secondary N) is 1. The Bertz CT molecular complexity index is 705. The third-order valence-corrected chi connectivity index (χ3v) is 3.37. The van der Waals surface area contributed by atoms with Crippen LogP contribution in [-0.2, 0) is 0 Å². The highest BCUT2D eigenvalue weighted by atomic mass is 16.5. The van der Waals surface area contributed by atoms with E-state index in [1.54, 1.807) is 13.3 Å². The maximum Gasteiger partial charge on any atom is 0.140 e. The summed E-state index contributed by atoms with van der Waals surface area (Å²) in [6, 6.07) is 17.1. The predicted molar refractivity (Wildman–Crippen MR) is 81.1 cm³/mol. The molecule has 0 aliphatic rings. The number of ether oxygens (including phenoxy) is 1. The second kappa shape index (κ2) is 5.81. The first-order chi connectivity index (χ1) is 10.3. The Balaban J connectivity index is 1.85. The average Bonchev–Trinajstić information content (AvgIpc) is 3.05. The number of methoxy groups -OCH3 is 1.